The molecular formula is C19H19N5O2. The predicted molar refractivity (Wildman–Crippen MR) is 98.8 cm³/mol. The van der Waals surface area contributed by atoms with Gasteiger partial charge in [0.15, 0.2) is 0 Å². The van der Waals surface area contributed by atoms with Crippen LogP contribution < -0.4 is 11.1 Å². The molecule has 2 aromatic heterocycles. The maximum Gasteiger partial charge on any atom is 0.339 e. The van der Waals surface area contributed by atoms with Gasteiger partial charge in [0.05, 0.1) is 36.1 Å². The molecule has 1 aromatic carbocycles. The zero-order chi connectivity index (χ0) is 18.1. The van der Waals surface area contributed by atoms with Crippen LogP contribution in [0.25, 0.3) is 10.9 Å². The molecule has 1 aliphatic carbocycles. The zero-order valence-corrected chi connectivity index (χ0v) is 14.4. The maximum atomic E-state index is 11.9. The molecule has 3 N–H and O–H groups in total. The number of aromatic nitrogens is 3. The Morgan fingerprint density at radius 1 is 1.19 bits per heavy atom. The molecule has 7 nitrogen and oxygen atoms in total. The fourth-order valence-corrected chi connectivity index (χ4v) is 2.92. The number of benzene rings is 1. The summed E-state index contributed by atoms with van der Waals surface area (Å²) in [5.74, 6) is 0.889. The van der Waals surface area contributed by atoms with Crippen LogP contribution in [-0.2, 0) is 11.3 Å². The first-order valence-electron chi connectivity index (χ1n) is 8.50. The van der Waals surface area contributed by atoms with Crippen molar-refractivity contribution in [3.63, 3.8) is 0 Å². The molecule has 3 aromatic rings. The lowest BCUT2D eigenvalue weighted by molar-refractivity contribution is 0.0598. The van der Waals surface area contributed by atoms with Gasteiger partial charge in [-0.3, -0.25) is 4.98 Å². The van der Waals surface area contributed by atoms with Crippen molar-refractivity contribution in [2.24, 2.45) is 0 Å². The number of rotatable bonds is 5. The van der Waals surface area contributed by atoms with Crippen LogP contribution in [0.15, 0.2) is 36.4 Å². The SMILES string of the molecule is COC(=O)c1ccc(CNc2nc(N)c3ccccc3n2)nc1C1CC1. The van der Waals surface area contributed by atoms with Crippen LogP contribution in [0.1, 0.15) is 40.5 Å². The lowest BCUT2D eigenvalue weighted by Crippen LogP contribution is -2.11. The first kappa shape index (κ1) is 16.3. The second kappa shape index (κ2) is 6.59. The highest BCUT2D eigenvalue weighted by Gasteiger charge is 2.30. The number of nitrogens with two attached hydrogens (primary N) is 1. The van der Waals surface area contributed by atoms with Gasteiger partial charge in [-0.05, 0) is 37.1 Å². The zero-order valence-electron chi connectivity index (χ0n) is 14.4. The van der Waals surface area contributed by atoms with Crippen molar-refractivity contribution >= 4 is 28.6 Å². The fourth-order valence-electron chi connectivity index (χ4n) is 2.92. The number of nitrogen functional groups attached to an aromatic ring is 1. The summed E-state index contributed by atoms with van der Waals surface area (Å²) in [6.45, 7) is 0.443. The number of anilines is 2. The molecule has 132 valence electrons. The lowest BCUT2D eigenvalue weighted by atomic mass is 10.1. The third-order valence-electron chi connectivity index (χ3n) is 4.41. The van der Waals surface area contributed by atoms with Crippen LogP contribution >= 0.6 is 0 Å². The molecule has 0 spiro atoms. The molecule has 0 bridgehead atoms. The van der Waals surface area contributed by atoms with E-state index in [9.17, 15) is 4.79 Å². The van der Waals surface area contributed by atoms with Gasteiger partial charge in [0.2, 0.25) is 5.95 Å². The molecule has 0 radical (unpaired) electrons. The van der Waals surface area contributed by atoms with Gasteiger partial charge in [-0.15, -0.1) is 0 Å². The molecule has 0 aliphatic heterocycles. The van der Waals surface area contributed by atoms with Crippen molar-refractivity contribution in [3.05, 3.63) is 53.3 Å². The Balaban J connectivity index is 1.56. The quantitative estimate of drug-likeness (QED) is 0.683. The number of esters is 1. The van der Waals surface area contributed by atoms with Gasteiger partial charge in [-0.25, -0.2) is 9.78 Å². The Bertz CT molecular complexity index is 985. The summed E-state index contributed by atoms with van der Waals surface area (Å²) in [6.07, 6.45) is 2.11. The van der Waals surface area contributed by atoms with Crippen LogP contribution in [0.3, 0.4) is 0 Å². The Morgan fingerprint density at radius 3 is 2.77 bits per heavy atom. The highest BCUT2D eigenvalue weighted by atomic mass is 16.5. The standard InChI is InChI=1S/C19H19N5O2/c1-26-18(25)14-9-8-12(22-16(14)11-6-7-11)10-21-19-23-15-5-3-2-4-13(15)17(20)24-19/h2-5,8-9,11H,6-7,10H2,1H3,(H3,20,21,23,24). The number of para-hydroxylation sites is 1. The van der Waals surface area contributed by atoms with Crippen molar-refractivity contribution in [2.75, 3.05) is 18.2 Å². The van der Waals surface area contributed by atoms with E-state index in [1.54, 1.807) is 6.07 Å². The molecule has 2 heterocycles. The van der Waals surface area contributed by atoms with Gasteiger partial charge >= 0.3 is 5.97 Å². The third kappa shape index (κ3) is 3.15. The lowest BCUT2D eigenvalue weighted by Gasteiger charge is -2.10. The highest BCUT2D eigenvalue weighted by Crippen LogP contribution is 2.40. The van der Waals surface area contributed by atoms with E-state index in [1.165, 1.54) is 7.11 Å². The van der Waals surface area contributed by atoms with E-state index >= 15 is 0 Å². The van der Waals surface area contributed by atoms with Crippen molar-refractivity contribution in [3.8, 4) is 0 Å². The number of methoxy groups -OCH3 is 1. The summed E-state index contributed by atoms with van der Waals surface area (Å²) in [4.78, 5) is 25.3. The van der Waals surface area contributed by atoms with Gasteiger partial charge in [-0.1, -0.05) is 12.1 Å². The summed E-state index contributed by atoms with van der Waals surface area (Å²) < 4.78 is 4.85. The summed E-state index contributed by atoms with van der Waals surface area (Å²) in [5.41, 5.74) is 8.97. The minimum absolute atomic E-state index is 0.343. The molecule has 0 saturated heterocycles. The molecule has 7 heteroatoms. The van der Waals surface area contributed by atoms with Crippen molar-refractivity contribution < 1.29 is 9.53 Å². The predicted octanol–water partition coefficient (Wildman–Crippen LogP) is 2.88. The number of fused-ring (bicyclic) bond motifs is 1. The van der Waals surface area contributed by atoms with Gasteiger partial charge in [-0.2, -0.15) is 4.98 Å². The van der Waals surface area contributed by atoms with E-state index in [0.717, 1.165) is 35.1 Å². The second-order valence-corrected chi connectivity index (χ2v) is 6.30. The van der Waals surface area contributed by atoms with E-state index in [0.29, 0.717) is 29.8 Å². The highest BCUT2D eigenvalue weighted by molar-refractivity contribution is 5.91. The second-order valence-electron chi connectivity index (χ2n) is 6.30. The molecular weight excluding hydrogens is 330 g/mol. The van der Waals surface area contributed by atoms with E-state index in [-0.39, 0.29) is 5.97 Å². The topological polar surface area (TPSA) is 103 Å². The van der Waals surface area contributed by atoms with Crippen LogP contribution in [-0.4, -0.2) is 28.0 Å². The van der Waals surface area contributed by atoms with E-state index in [2.05, 4.69) is 20.3 Å². The normalized spacial score (nSPS) is 13.6. The summed E-state index contributed by atoms with van der Waals surface area (Å²) in [7, 11) is 1.38. The first-order valence-corrected chi connectivity index (χ1v) is 8.50. The summed E-state index contributed by atoms with van der Waals surface area (Å²) in [5, 5.41) is 3.99. The number of nitrogens with one attached hydrogen (secondary N) is 1. The maximum absolute atomic E-state index is 11.9. The molecule has 26 heavy (non-hydrogen) atoms. The van der Waals surface area contributed by atoms with Crippen LogP contribution in [0.2, 0.25) is 0 Å². The molecule has 0 amide bonds. The number of carbonyl (C=O) groups is 1. The largest absolute Gasteiger partial charge is 0.465 e. The molecule has 1 fully saturated rings. The number of hydrogen-bond acceptors (Lipinski definition) is 7. The van der Waals surface area contributed by atoms with Crippen LogP contribution in [0, 0.1) is 0 Å². The van der Waals surface area contributed by atoms with Gasteiger partial charge in [0.25, 0.3) is 0 Å². The Hall–Kier alpha value is -3.22. The van der Waals surface area contributed by atoms with Crippen molar-refractivity contribution in [1.82, 2.24) is 15.0 Å². The minimum atomic E-state index is -0.343. The average molecular weight is 349 g/mol. The smallest absolute Gasteiger partial charge is 0.339 e. The Labute approximate surface area is 150 Å². The minimum Gasteiger partial charge on any atom is -0.465 e. The van der Waals surface area contributed by atoms with Crippen molar-refractivity contribution in [1.29, 1.82) is 0 Å². The average Bonchev–Trinajstić information content (AvgIpc) is 3.51. The van der Waals surface area contributed by atoms with Gasteiger partial charge < -0.3 is 15.8 Å². The van der Waals surface area contributed by atoms with Gasteiger partial charge in [0.1, 0.15) is 5.82 Å². The van der Waals surface area contributed by atoms with E-state index in [4.69, 9.17) is 10.5 Å². The fraction of sp³-hybridized carbons (Fsp3) is 0.263. The molecule has 1 aliphatic rings. The number of ether oxygens (including phenoxy) is 1. The molecule has 0 atom stereocenters. The number of pyridine rings is 1. The number of hydrogen-bond donors (Lipinski definition) is 2. The number of carbonyl (C=O) groups excluding carboxylic acids is 1. The van der Waals surface area contributed by atoms with Crippen molar-refractivity contribution in [2.45, 2.75) is 25.3 Å². The molecule has 0 unspecified atom stereocenters. The summed E-state index contributed by atoms with van der Waals surface area (Å²) >= 11 is 0. The Kier molecular flexibility index (Phi) is 4.12. The van der Waals surface area contributed by atoms with E-state index < -0.39 is 0 Å². The van der Waals surface area contributed by atoms with E-state index in [1.807, 2.05) is 30.3 Å². The van der Waals surface area contributed by atoms with Crippen LogP contribution in [0.4, 0.5) is 11.8 Å². The Morgan fingerprint density at radius 2 is 2.00 bits per heavy atom. The summed E-state index contributed by atoms with van der Waals surface area (Å²) in [6, 6.07) is 11.2. The molecule has 1 saturated carbocycles. The monoisotopic (exact) mass is 349 g/mol. The third-order valence-corrected chi connectivity index (χ3v) is 4.41. The van der Waals surface area contributed by atoms with Gasteiger partial charge in [0, 0.05) is 11.3 Å². The van der Waals surface area contributed by atoms with Crippen LogP contribution in [0.5, 0.6) is 0 Å². The number of nitrogens with zero attached hydrogens (tertiary/aromatic N) is 3. The first-order chi connectivity index (χ1) is 12.7. The molecule has 4 rings (SSSR count).